The summed E-state index contributed by atoms with van der Waals surface area (Å²) in [5.41, 5.74) is 2.64. The van der Waals surface area contributed by atoms with Crippen LogP contribution in [-0.2, 0) is 16.0 Å². The van der Waals surface area contributed by atoms with Crippen LogP contribution in [-0.4, -0.2) is 29.9 Å². The quantitative estimate of drug-likeness (QED) is 0.726. The molecule has 6 heteroatoms. The average Bonchev–Trinajstić information content (AvgIpc) is 2.59. The van der Waals surface area contributed by atoms with Gasteiger partial charge in [0, 0.05) is 24.9 Å². The largest absolute Gasteiger partial charge is 0.355 e. The highest BCUT2D eigenvalue weighted by Gasteiger charge is 2.07. The maximum absolute atomic E-state index is 11.5. The Labute approximate surface area is 98.3 Å². The number of nitrogens with zero attached hydrogens (tertiary/aromatic N) is 1. The molecule has 0 atom stereocenters. The van der Waals surface area contributed by atoms with Crippen LogP contribution < -0.4 is 10.6 Å². The van der Waals surface area contributed by atoms with Gasteiger partial charge in [0.1, 0.15) is 0 Å². The van der Waals surface area contributed by atoms with Gasteiger partial charge in [0.05, 0.1) is 17.6 Å². The van der Waals surface area contributed by atoms with Crippen molar-refractivity contribution in [1.29, 1.82) is 0 Å². The van der Waals surface area contributed by atoms with Crippen LogP contribution in [0.25, 0.3) is 0 Å². The number of thiazole rings is 1. The summed E-state index contributed by atoms with van der Waals surface area (Å²) in [6.45, 7) is 4.25. The summed E-state index contributed by atoms with van der Waals surface area (Å²) < 4.78 is 0. The Morgan fingerprint density at radius 3 is 2.62 bits per heavy atom. The van der Waals surface area contributed by atoms with Gasteiger partial charge >= 0.3 is 0 Å². The van der Waals surface area contributed by atoms with E-state index in [0.29, 0.717) is 19.5 Å². The molecule has 0 spiro atoms. The van der Waals surface area contributed by atoms with E-state index in [1.165, 1.54) is 18.3 Å². The molecule has 0 aliphatic carbocycles. The second-order valence-corrected chi connectivity index (χ2v) is 4.31. The Morgan fingerprint density at radius 1 is 1.38 bits per heavy atom. The molecular formula is C10H15N3O2S. The number of carbonyl (C=O) groups is 2. The maximum Gasteiger partial charge on any atom is 0.225 e. The molecular weight excluding hydrogens is 226 g/mol. The first kappa shape index (κ1) is 12.6. The van der Waals surface area contributed by atoms with Gasteiger partial charge in [0.15, 0.2) is 0 Å². The number of hydrogen-bond donors (Lipinski definition) is 2. The second-order valence-electron chi connectivity index (χ2n) is 3.37. The van der Waals surface area contributed by atoms with Crippen LogP contribution in [0.2, 0.25) is 0 Å². The Bertz CT molecular complexity index is 376. The van der Waals surface area contributed by atoms with Crippen LogP contribution in [0.5, 0.6) is 0 Å². The number of hydrogen-bond acceptors (Lipinski definition) is 4. The van der Waals surface area contributed by atoms with Gasteiger partial charge in [-0.15, -0.1) is 11.3 Å². The fraction of sp³-hybridized carbons (Fsp3) is 0.500. The standard InChI is InChI=1S/C10H15N3O2S/c1-7-9(16-6-13-7)5-10(15)12-4-3-11-8(2)14/h6H,3-5H2,1-2H3,(H,11,14)(H,12,15). The predicted molar refractivity (Wildman–Crippen MR) is 62.2 cm³/mol. The van der Waals surface area contributed by atoms with Crippen molar-refractivity contribution in [3.8, 4) is 0 Å². The fourth-order valence-corrected chi connectivity index (χ4v) is 1.92. The minimum absolute atomic E-state index is 0.0438. The monoisotopic (exact) mass is 241 g/mol. The number of nitrogens with one attached hydrogen (secondary N) is 2. The third kappa shape index (κ3) is 4.39. The van der Waals surface area contributed by atoms with E-state index < -0.39 is 0 Å². The lowest BCUT2D eigenvalue weighted by Crippen LogP contribution is -2.34. The summed E-state index contributed by atoms with van der Waals surface area (Å²) >= 11 is 1.48. The molecule has 5 nitrogen and oxygen atoms in total. The Morgan fingerprint density at radius 2 is 2.06 bits per heavy atom. The normalized spacial score (nSPS) is 9.88. The van der Waals surface area contributed by atoms with Gasteiger partial charge < -0.3 is 10.6 Å². The first-order valence-corrected chi connectivity index (χ1v) is 5.87. The van der Waals surface area contributed by atoms with E-state index in [1.54, 1.807) is 5.51 Å². The molecule has 0 fully saturated rings. The highest BCUT2D eigenvalue weighted by atomic mass is 32.1. The lowest BCUT2D eigenvalue weighted by atomic mass is 10.3. The number of carbonyl (C=O) groups excluding carboxylic acids is 2. The molecule has 16 heavy (non-hydrogen) atoms. The summed E-state index contributed by atoms with van der Waals surface area (Å²) in [6.07, 6.45) is 0.358. The highest BCUT2D eigenvalue weighted by Crippen LogP contribution is 2.12. The van der Waals surface area contributed by atoms with E-state index in [9.17, 15) is 9.59 Å². The van der Waals surface area contributed by atoms with Gasteiger partial charge in [-0.1, -0.05) is 0 Å². The van der Waals surface area contributed by atoms with Crippen molar-refractivity contribution in [2.75, 3.05) is 13.1 Å². The minimum atomic E-state index is -0.0902. The SMILES string of the molecule is CC(=O)NCCNC(=O)Cc1scnc1C. The van der Waals surface area contributed by atoms with Crippen LogP contribution in [0, 0.1) is 6.92 Å². The van der Waals surface area contributed by atoms with Crippen LogP contribution >= 0.6 is 11.3 Å². The van der Waals surface area contributed by atoms with Crippen molar-refractivity contribution < 1.29 is 9.59 Å². The van der Waals surface area contributed by atoms with E-state index in [4.69, 9.17) is 0 Å². The number of aromatic nitrogens is 1. The topological polar surface area (TPSA) is 71.1 Å². The second kappa shape index (κ2) is 6.22. The first-order valence-electron chi connectivity index (χ1n) is 4.99. The summed E-state index contributed by atoms with van der Waals surface area (Å²) in [6, 6.07) is 0. The van der Waals surface area contributed by atoms with Gasteiger partial charge in [-0.05, 0) is 6.92 Å². The fourth-order valence-electron chi connectivity index (χ4n) is 1.14. The molecule has 0 aromatic carbocycles. The molecule has 1 rings (SSSR count). The Balaban J connectivity index is 2.21. The van der Waals surface area contributed by atoms with Gasteiger partial charge in [-0.2, -0.15) is 0 Å². The van der Waals surface area contributed by atoms with Crippen molar-refractivity contribution in [2.45, 2.75) is 20.3 Å². The summed E-state index contributed by atoms with van der Waals surface area (Å²) in [5.74, 6) is -0.134. The van der Waals surface area contributed by atoms with Gasteiger partial charge in [0.2, 0.25) is 11.8 Å². The smallest absolute Gasteiger partial charge is 0.225 e. The van der Waals surface area contributed by atoms with E-state index in [-0.39, 0.29) is 11.8 Å². The molecule has 0 saturated heterocycles. The van der Waals surface area contributed by atoms with Gasteiger partial charge in [-0.25, -0.2) is 4.98 Å². The van der Waals surface area contributed by atoms with E-state index in [1.807, 2.05) is 6.92 Å². The molecule has 1 heterocycles. The van der Waals surface area contributed by atoms with Gasteiger partial charge in [0.25, 0.3) is 0 Å². The van der Waals surface area contributed by atoms with Crippen molar-refractivity contribution in [2.24, 2.45) is 0 Å². The van der Waals surface area contributed by atoms with Gasteiger partial charge in [-0.3, -0.25) is 9.59 Å². The zero-order valence-corrected chi connectivity index (χ0v) is 10.2. The molecule has 88 valence electrons. The van der Waals surface area contributed by atoms with Crippen molar-refractivity contribution in [3.63, 3.8) is 0 Å². The van der Waals surface area contributed by atoms with E-state index in [2.05, 4.69) is 15.6 Å². The summed E-state index contributed by atoms with van der Waals surface area (Å²) in [7, 11) is 0. The third-order valence-electron chi connectivity index (χ3n) is 1.99. The highest BCUT2D eigenvalue weighted by molar-refractivity contribution is 7.09. The molecule has 0 unspecified atom stereocenters. The van der Waals surface area contributed by atoms with E-state index in [0.717, 1.165) is 10.6 Å². The first-order chi connectivity index (χ1) is 7.59. The average molecular weight is 241 g/mol. The molecule has 1 aromatic rings. The van der Waals surface area contributed by atoms with Crippen LogP contribution in [0.4, 0.5) is 0 Å². The number of rotatable bonds is 5. The molecule has 0 aliphatic heterocycles. The third-order valence-corrected chi connectivity index (χ3v) is 2.92. The Hall–Kier alpha value is -1.43. The molecule has 0 aliphatic rings. The molecule has 0 bridgehead atoms. The molecule has 1 aromatic heterocycles. The number of amides is 2. The van der Waals surface area contributed by atoms with E-state index >= 15 is 0 Å². The van der Waals surface area contributed by atoms with Crippen LogP contribution in [0.15, 0.2) is 5.51 Å². The molecule has 0 saturated carbocycles. The van der Waals surface area contributed by atoms with Crippen LogP contribution in [0.1, 0.15) is 17.5 Å². The zero-order chi connectivity index (χ0) is 12.0. The lowest BCUT2D eigenvalue weighted by Gasteiger charge is -2.04. The maximum atomic E-state index is 11.5. The van der Waals surface area contributed by atoms with Crippen molar-refractivity contribution >= 4 is 23.2 Å². The predicted octanol–water partition coefficient (Wildman–Crippen LogP) is 0.246. The minimum Gasteiger partial charge on any atom is -0.355 e. The summed E-state index contributed by atoms with van der Waals surface area (Å²) in [4.78, 5) is 27.1. The summed E-state index contributed by atoms with van der Waals surface area (Å²) in [5, 5.41) is 5.34. The Kier molecular flexibility index (Phi) is 4.91. The number of aryl methyl sites for hydroxylation is 1. The van der Waals surface area contributed by atoms with Crippen molar-refractivity contribution in [3.05, 3.63) is 16.1 Å². The lowest BCUT2D eigenvalue weighted by molar-refractivity contribution is -0.121. The van der Waals surface area contributed by atoms with Crippen molar-refractivity contribution in [1.82, 2.24) is 15.6 Å². The molecule has 2 amide bonds. The molecule has 0 radical (unpaired) electrons. The van der Waals surface area contributed by atoms with Crippen LogP contribution in [0.3, 0.4) is 0 Å². The molecule has 2 N–H and O–H groups in total. The zero-order valence-electron chi connectivity index (χ0n) is 9.37.